The summed E-state index contributed by atoms with van der Waals surface area (Å²) < 4.78 is 27.9. The number of hydrogen-bond donors (Lipinski definition) is 1. The summed E-state index contributed by atoms with van der Waals surface area (Å²) in [6, 6.07) is 2.63. The van der Waals surface area contributed by atoms with Gasteiger partial charge in [0.05, 0.1) is 0 Å². The maximum absolute atomic E-state index is 14.0. The lowest BCUT2D eigenvalue weighted by Gasteiger charge is -2.25. The lowest BCUT2D eigenvalue weighted by atomic mass is 10.1. The van der Waals surface area contributed by atoms with Gasteiger partial charge in [0.15, 0.2) is 0 Å². The molecule has 0 amide bonds. The highest BCUT2D eigenvalue weighted by Gasteiger charge is 2.16. The van der Waals surface area contributed by atoms with Gasteiger partial charge in [-0.1, -0.05) is 0 Å². The van der Waals surface area contributed by atoms with E-state index in [4.69, 9.17) is 5.73 Å². The van der Waals surface area contributed by atoms with Crippen molar-refractivity contribution >= 4 is 5.69 Å². The van der Waals surface area contributed by atoms with Gasteiger partial charge >= 0.3 is 0 Å². The van der Waals surface area contributed by atoms with Crippen molar-refractivity contribution in [3.8, 4) is 0 Å². The first kappa shape index (κ1) is 15.9. The maximum Gasteiger partial charge on any atom is 0.149 e. The van der Waals surface area contributed by atoms with Crippen LogP contribution in [-0.4, -0.2) is 38.6 Å². The summed E-state index contributed by atoms with van der Waals surface area (Å²) in [5.74, 6) is -1.07. The number of nitrogens with zero attached hydrogens (tertiary/aromatic N) is 2. The molecular weight excluding hydrogens is 248 g/mol. The minimum Gasteiger partial charge on any atom is -0.367 e. The van der Waals surface area contributed by atoms with E-state index >= 15 is 0 Å². The second kappa shape index (κ2) is 7.40. The Labute approximate surface area is 114 Å². The van der Waals surface area contributed by atoms with Crippen LogP contribution in [-0.2, 0) is 6.54 Å². The van der Waals surface area contributed by atoms with Crippen LogP contribution in [0.25, 0.3) is 0 Å². The topological polar surface area (TPSA) is 32.5 Å². The Morgan fingerprint density at radius 1 is 1.11 bits per heavy atom. The molecule has 108 valence electrons. The number of nitrogens with two attached hydrogens (primary N) is 1. The van der Waals surface area contributed by atoms with Crippen LogP contribution in [0.5, 0.6) is 0 Å². The van der Waals surface area contributed by atoms with E-state index in [9.17, 15) is 8.78 Å². The Hall–Kier alpha value is -1.20. The summed E-state index contributed by atoms with van der Waals surface area (Å²) >= 11 is 0. The van der Waals surface area contributed by atoms with Crippen molar-refractivity contribution < 1.29 is 8.78 Å². The lowest BCUT2D eigenvalue weighted by Crippen LogP contribution is -2.28. The molecule has 2 N–H and O–H groups in total. The van der Waals surface area contributed by atoms with E-state index in [1.165, 1.54) is 12.1 Å². The molecule has 0 bridgehead atoms. The first-order valence-electron chi connectivity index (χ1n) is 6.57. The standard InChI is InChI=1S/C14H23F2N3/c1-4-19(7-5-6-18(2)3)14-12(15)8-11(10-17)9-13(14)16/h8-9H,4-7,10,17H2,1-3H3. The molecule has 1 aromatic rings. The fourth-order valence-corrected chi connectivity index (χ4v) is 2.04. The van der Waals surface area contributed by atoms with Gasteiger partial charge in [0.25, 0.3) is 0 Å². The minimum atomic E-state index is -0.535. The van der Waals surface area contributed by atoms with Crippen molar-refractivity contribution in [3.05, 3.63) is 29.3 Å². The van der Waals surface area contributed by atoms with E-state index in [1.54, 1.807) is 4.90 Å². The molecule has 0 aliphatic rings. The zero-order chi connectivity index (χ0) is 14.4. The monoisotopic (exact) mass is 271 g/mol. The van der Waals surface area contributed by atoms with E-state index in [1.807, 2.05) is 21.0 Å². The zero-order valence-corrected chi connectivity index (χ0v) is 11.9. The number of halogens is 2. The molecule has 0 fully saturated rings. The van der Waals surface area contributed by atoms with Crippen LogP contribution >= 0.6 is 0 Å². The molecule has 0 saturated carbocycles. The third kappa shape index (κ3) is 4.44. The van der Waals surface area contributed by atoms with Crippen LogP contribution in [0.1, 0.15) is 18.9 Å². The average Bonchev–Trinajstić information content (AvgIpc) is 2.35. The molecule has 1 aromatic carbocycles. The molecule has 5 heteroatoms. The molecule has 0 atom stereocenters. The molecule has 0 aliphatic carbocycles. The van der Waals surface area contributed by atoms with Gasteiger partial charge in [-0.2, -0.15) is 0 Å². The SMILES string of the molecule is CCN(CCCN(C)C)c1c(F)cc(CN)cc1F. The minimum absolute atomic E-state index is 0.0541. The highest BCUT2D eigenvalue weighted by Crippen LogP contribution is 2.25. The molecule has 0 unspecified atom stereocenters. The quantitative estimate of drug-likeness (QED) is 0.825. The van der Waals surface area contributed by atoms with E-state index in [0.717, 1.165) is 13.0 Å². The average molecular weight is 271 g/mol. The first-order valence-corrected chi connectivity index (χ1v) is 6.57. The fourth-order valence-electron chi connectivity index (χ4n) is 2.04. The van der Waals surface area contributed by atoms with Gasteiger partial charge in [-0.25, -0.2) is 8.78 Å². The van der Waals surface area contributed by atoms with E-state index in [-0.39, 0.29) is 12.2 Å². The summed E-state index contributed by atoms with van der Waals surface area (Å²) in [6.45, 7) is 4.13. The van der Waals surface area contributed by atoms with Crippen molar-refractivity contribution in [2.75, 3.05) is 38.6 Å². The van der Waals surface area contributed by atoms with Crippen molar-refractivity contribution in [1.82, 2.24) is 4.90 Å². The molecular formula is C14H23F2N3. The molecule has 1 rings (SSSR count). The van der Waals surface area contributed by atoms with E-state index in [0.29, 0.717) is 18.7 Å². The van der Waals surface area contributed by atoms with Gasteiger partial charge in [-0.15, -0.1) is 0 Å². The first-order chi connectivity index (χ1) is 8.99. The summed E-state index contributed by atoms with van der Waals surface area (Å²) in [6.07, 6.45) is 0.859. The van der Waals surface area contributed by atoms with Crippen LogP contribution in [0, 0.1) is 11.6 Å². The maximum atomic E-state index is 14.0. The Balaban J connectivity index is 2.86. The van der Waals surface area contributed by atoms with E-state index in [2.05, 4.69) is 4.90 Å². The summed E-state index contributed by atoms with van der Waals surface area (Å²) in [4.78, 5) is 3.78. The smallest absolute Gasteiger partial charge is 0.149 e. The number of rotatable bonds is 7. The van der Waals surface area contributed by atoms with Crippen molar-refractivity contribution in [2.45, 2.75) is 19.9 Å². The van der Waals surface area contributed by atoms with Crippen LogP contribution < -0.4 is 10.6 Å². The predicted molar refractivity (Wildman–Crippen MR) is 75.3 cm³/mol. The Morgan fingerprint density at radius 3 is 2.11 bits per heavy atom. The number of hydrogen-bond acceptors (Lipinski definition) is 3. The Bertz CT molecular complexity index is 385. The normalized spacial score (nSPS) is 11.1. The fraction of sp³-hybridized carbons (Fsp3) is 0.571. The largest absolute Gasteiger partial charge is 0.367 e. The van der Waals surface area contributed by atoms with Gasteiger partial charge < -0.3 is 15.5 Å². The van der Waals surface area contributed by atoms with Crippen LogP contribution in [0.15, 0.2) is 12.1 Å². The molecule has 0 aliphatic heterocycles. The summed E-state index contributed by atoms with van der Waals surface area (Å²) in [7, 11) is 3.96. The number of anilines is 1. The number of benzene rings is 1. The third-order valence-corrected chi connectivity index (χ3v) is 3.04. The van der Waals surface area contributed by atoms with Crippen LogP contribution in [0.4, 0.5) is 14.5 Å². The second-order valence-corrected chi connectivity index (χ2v) is 4.85. The molecule has 0 aromatic heterocycles. The van der Waals surface area contributed by atoms with Crippen molar-refractivity contribution in [1.29, 1.82) is 0 Å². The van der Waals surface area contributed by atoms with Crippen molar-refractivity contribution in [3.63, 3.8) is 0 Å². The zero-order valence-electron chi connectivity index (χ0n) is 11.9. The van der Waals surface area contributed by atoms with Crippen LogP contribution in [0.3, 0.4) is 0 Å². The van der Waals surface area contributed by atoms with Gasteiger partial charge in [-0.05, 0) is 51.7 Å². The van der Waals surface area contributed by atoms with Gasteiger partial charge in [0.2, 0.25) is 0 Å². The van der Waals surface area contributed by atoms with Crippen molar-refractivity contribution in [2.24, 2.45) is 5.73 Å². The summed E-state index contributed by atoms with van der Waals surface area (Å²) in [5.41, 5.74) is 5.94. The molecule has 0 spiro atoms. The lowest BCUT2D eigenvalue weighted by molar-refractivity contribution is 0.400. The van der Waals surface area contributed by atoms with Gasteiger partial charge in [0, 0.05) is 19.6 Å². The Kier molecular flexibility index (Phi) is 6.18. The Morgan fingerprint density at radius 2 is 1.68 bits per heavy atom. The summed E-state index contributed by atoms with van der Waals surface area (Å²) in [5, 5.41) is 0. The van der Waals surface area contributed by atoms with E-state index < -0.39 is 11.6 Å². The molecule has 0 saturated heterocycles. The highest BCUT2D eigenvalue weighted by molar-refractivity contribution is 5.50. The third-order valence-electron chi connectivity index (χ3n) is 3.04. The second-order valence-electron chi connectivity index (χ2n) is 4.85. The predicted octanol–water partition coefficient (Wildman–Crippen LogP) is 2.20. The van der Waals surface area contributed by atoms with Crippen LogP contribution in [0.2, 0.25) is 0 Å². The molecule has 3 nitrogen and oxygen atoms in total. The van der Waals surface area contributed by atoms with Gasteiger partial charge in [-0.3, -0.25) is 0 Å². The molecule has 19 heavy (non-hydrogen) atoms. The van der Waals surface area contributed by atoms with Gasteiger partial charge in [0.1, 0.15) is 17.3 Å². The molecule has 0 radical (unpaired) electrons. The molecule has 0 heterocycles. The highest BCUT2D eigenvalue weighted by atomic mass is 19.1.